The van der Waals surface area contributed by atoms with E-state index in [0.29, 0.717) is 61.4 Å². The van der Waals surface area contributed by atoms with E-state index >= 15 is 0 Å². The summed E-state index contributed by atoms with van der Waals surface area (Å²) in [5, 5.41) is 0. The van der Waals surface area contributed by atoms with Crippen molar-refractivity contribution in [2.45, 2.75) is 51.9 Å². The Hall–Kier alpha value is -4.18. The molecule has 0 saturated carbocycles. The van der Waals surface area contributed by atoms with E-state index in [0.717, 1.165) is 24.1 Å². The third-order valence-corrected chi connectivity index (χ3v) is 6.25. The minimum absolute atomic E-state index is 0.110. The van der Waals surface area contributed by atoms with E-state index in [4.69, 9.17) is 23.4 Å². The number of hydrogen-bond acceptors (Lipinski definition) is 9. The van der Waals surface area contributed by atoms with E-state index in [2.05, 4.69) is 15.0 Å². The molecule has 0 unspecified atom stereocenters. The molecule has 0 bridgehead atoms. The Morgan fingerprint density at radius 3 is 2.58 bits per heavy atom. The second kappa shape index (κ2) is 12.3. The number of carbonyl (C=O) groups excluding carboxylic acids is 1. The van der Waals surface area contributed by atoms with E-state index in [1.54, 1.807) is 23.5 Å². The Labute approximate surface area is 233 Å². The van der Waals surface area contributed by atoms with Crippen molar-refractivity contribution in [2.24, 2.45) is 0 Å². The Morgan fingerprint density at radius 2 is 1.85 bits per heavy atom. The molecule has 1 amide bonds. The molecule has 1 aromatic carbocycles. The van der Waals surface area contributed by atoms with Crippen LogP contribution in [0, 0.1) is 0 Å². The van der Waals surface area contributed by atoms with E-state index < -0.39 is 5.60 Å². The molecule has 40 heavy (non-hydrogen) atoms. The van der Waals surface area contributed by atoms with Crippen LogP contribution in [0.2, 0.25) is 0 Å². The van der Waals surface area contributed by atoms with Gasteiger partial charge in [-0.15, -0.1) is 0 Å². The van der Waals surface area contributed by atoms with Crippen LogP contribution in [0.1, 0.15) is 39.3 Å². The molecule has 4 aromatic rings. The summed E-state index contributed by atoms with van der Waals surface area (Å²) < 4.78 is 28.9. The number of fused-ring (bicyclic) bond motifs is 1. The number of likely N-dealkylation sites (tertiary alicyclic amines) is 1. The fourth-order valence-corrected chi connectivity index (χ4v) is 4.25. The molecule has 1 aliphatic heterocycles. The first-order chi connectivity index (χ1) is 19.3. The second-order valence-electron chi connectivity index (χ2n) is 10.6. The maximum atomic E-state index is 12.2. The summed E-state index contributed by atoms with van der Waals surface area (Å²) in [5.74, 6) is 1.86. The zero-order valence-electron chi connectivity index (χ0n) is 23.0. The smallest absolute Gasteiger partial charge is 0.410 e. The van der Waals surface area contributed by atoms with E-state index in [1.807, 2.05) is 63.2 Å². The molecule has 10 nitrogen and oxygen atoms in total. The highest BCUT2D eigenvalue weighted by atomic mass is 16.6. The fraction of sp³-hybridized carbons (Fsp3) is 0.400. The summed E-state index contributed by atoms with van der Waals surface area (Å²) in [6, 6.07) is 13.0. The van der Waals surface area contributed by atoms with Crippen LogP contribution >= 0.6 is 0 Å². The van der Waals surface area contributed by atoms with Crippen LogP contribution in [0.5, 0.6) is 11.5 Å². The van der Waals surface area contributed by atoms with Crippen molar-refractivity contribution in [1.29, 1.82) is 0 Å². The number of piperidine rings is 1. The predicted molar refractivity (Wildman–Crippen MR) is 148 cm³/mol. The molecule has 0 spiro atoms. The molecule has 1 fully saturated rings. The number of ether oxygens (including phenoxy) is 4. The second-order valence-corrected chi connectivity index (χ2v) is 10.6. The highest BCUT2D eigenvalue weighted by Crippen LogP contribution is 2.27. The van der Waals surface area contributed by atoms with Crippen molar-refractivity contribution in [3.63, 3.8) is 0 Å². The first-order valence-electron chi connectivity index (χ1n) is 13.4. The molecule has 1 saturated heterocycles. The van der Waals surface area contributed by atoms with Gasteiger partial charge < -0.3 is 28.3 Å². The SMILES string of the molecule is CC(C)(C)OC(=O)N1CCC(OCCOc2ccc(COc3ccc4oc(-c5cccnc5)nc4c3)nc2)CC1. The monoisotopic (exact) mass is 546 g/mol. The maximum absolute atomic E-state index is 12.2. The third kappa shape index (κ3) is 7.47. The minimum atomic E-state index is -0.485. The summed E-state index contributed by atoms with van der Waals surface area (Å²) in [4.78, 5) is 27.0. The number of oxazole rings is 1. The van der Waals surface area contributed by atoms with Crippen LogP contribution in [-0.2, 0) is 16.1 Å². The van der Waals surface area contributed by atoms with Gasteiger partial charge in [-0.2, -0.15) is 0 Å². The van der Waals surface area contributed by atoms with Crippen molar-refractivity contribution in [3.05, 3.63) is 66.7 Å². The van der Waals surface area contributed by atoms with E-state index in [-0.39, 0.29) is 12.2 Å². The quantitative estimate of drug-likeness (QED) is 0.246. The standard InChI is InChI=1S/C30H34N4O6/c1-30(2,3)40-29(35)34-13-10-23(11-14-34)36-15-16-37-25-7-6-22(32-19-25)20-38-24-8-9-27-26(17-24)33-28(39-27)21-5-4-12-31-18-21/h4-9,12,17-19,23H,10-11,13-16,20H2,1-3H3. The van der Waals surface area contributed by atoms with Gasteiger partial charge in [0, 0.05) is 31.5 Å². The lowest BCUT2D eigenvalue weighted by atomic mass is 10.1. The fourth-order valence-electron chi connectivity index (χ4n) is 4.25. The lowest BCUT2D eigenvalue weighted by Gasteiger charge is -2.33. The average Bonchev–Trinajstić information content (AvgIpc) is 3.38. The van der Waals surface area contributed by atoms with Gasteiger partial charge in [-0.1, -0.05) is 0 Å². The summed E-state index contributed by atoms with van der Waals surface area (Å²) in [7, 11) is 0. The van der Waals surface area contributed by atoms with Gasteiger partial charge in [0.1, 0.15) is 35.8 Å². The van der Waals surface area contributed by atoms with Crippen molar-refractivity contribution in [2.75, 3.05) is 26.3 Å². The Kier molecular flexibility index (Phi) is 8.45. The molecular weight excluding hydrogens is 512 g/mol. The molecule has 210 valence electrons. The normalized spacial score (nSPS) is 14.3. The van der Waals surface area contributed by atoms with Gasteiger partial charge in [0.2, 0.25) is 5.89 Å². The number of pyridine rings is 2. The highest BCUT2D eigenvalue weighted by molar-refractivity contribution is 5.77. The summed E-state index contributed by atoms with van der Waals surface area (Å²) in [5.41, 5.74) is 2.50. The Morgan fingerprint density at radius 1 is 1.02 bits per heavy atom. The molecule has 0 radical (unpaired) electrons. The number of hydrogen-bond donors (Lipinski definition) is 0. The average molecular weight is 547 g/mol. The molecule has 3 aromatic heterocycles. The molecule has 0 aliphatic carbocycles. The summed E-state index contributed by atoms with van der Waals surface area (Å²) in [6.07, 6.45) is 6.52. The predicted octanol–water partition coefficient (Wildman–Crippen LogP) is 5.66. The molecule has 5 rings (SSSR count). The Bertz CT molecular complexity index is 1390. The summed E-state index contributed by atoms with van der Waals surface area (Å²) in [6.45, 7) is 8.08. The minimum Gasteiger partial charge on any atom is -0.490 e. The van der Waals surface area contributed by atoms with Crippen LogP contribution in [0.4, 0.5) is 4.79 Å². The molecule has 0 N–H and O–H groups in total. The molecular formula is C30H34N4O6. The lowest BCUT2D eigenvalue weighted by molar-refractivity contribution is -0.0177. The highest BCUT2D eigenvalue weighted by Gasteiger charge is 2.27. The van der Waals surface area contributed by atoms with Gasteiger partial charge in [-0.05, 0) is 70.0 Å². The van der Waals surface area contributed by atoms with Crippen LogP contribution < -0.4 is 9.47 Å². The van der Waals surface area contributed by atoms with Gasteiger partial charge >= 0.3 is 6.09 Å². The van der Waals surface area contributed by atoms with Crippen LogP contribution in [-0.4, -0.2) is 64.0 Å². The summed E-state index contributed by atoms with van der Waals surface area (Å²) >= 11 is 0. The third-order valence-electron chi connectivity index (χ3n) is 6.25. The van der Waals surface area contributed by atoms with E-state index in [1.165, 1.54) is 0 Å². The number of aromatic nitrogens is 3. The van der Waals surface area contributed by atoms with Gasteiger partial charge in [0.15, 0.2) is 5.58 Å². The first-order valence-corrected chi connectivity index (χ1v) is 13.4. The number of rotatable bonds is 9. The number of benzene rings is 1. The molecule has 0 atom stereocenters. The van der Waals surface area contributed by atoms with Crippen LogP contribution in [0.3, 0.4) is 0 Å². The van der Waals surface area contributed by atoms with E-state index in [9.17, 15) is 4.79 Å². The Balaban J connectivity index is 1.02. The van der Waals surface area contributed by atoms with Crippen LogP contribution in [0.25, 0.3) is 22.6 Å². The van der Waals surface area contributed by atoms with Crippen LogP contribution in [0.15, 0.2) is 65.5 Å². The van der Waals surface area contributed by atoms with Gasteiger partial charge in [-0.25, -0.2) is 9.78 Å². The molecule has 1 aliphatic rings. The molecule has 10 heteroatoms. The van der Waals surface area contributed by atoms with Crippen molar-refractivity contribution < 1.29 is 28.2 Å². The number of carbonyl (C=O) groups is 1. The van der Waals surface area contributed by atoms with Gasteiger partial charge in [-0.3, -0.25) is 9.97 Å². The van der Waals surface area contributed by atoms with Gasteiger partial charge in [0.25, 0.3) is 0 Å². The topological polar surface area (TPSA) is 109 Å². The van der Waals surface area contributed by atoms with Crippen molar-refractivity contribution in [1.82, 2.24) is 19.9 Å². The molecule has 4 heterocycles. The van der Waals surface area contributed by atoms with Gasteiger partial charge in [0.05, 0.1) is 30.2 Å². The largest absolute Gasteiger partial charge is 0.490 e. The first kappa shape index (κ1) is 27.4. The lowest BCUT2D eigenvalue weighted by Crippen LogP contribution is -2.43. The number of nitrogens with zero attached hydrogens (tertiary/aromatic N) is 4. The van der Waals surface area contributed by atoms with Crippen molar-refractivity contribution in [3.8, 4) is 23.0 Å². The zero-order chi connectivity index (χ0) is 28.0. The maximum Gasteiger partial charge on any atom is 0.410 e. The zero-order valence-corrected chi connectivity index (χ0v) is 23.0. The van der Waals surface area contributed by atoms with Crippen molar-refractivity contribution >= 4 is 17.2 Å². The number of amides is 1.